The first-order valence-corrected chi connectivity index (χ1v) is 12.3. The van der Waals surface area contributed by atoms with Crippen LogP contribution < -0.4 is 0 Å². The van der Waals surface area contributed by atoms with Crippen molar-refractivity contribution >= 4 is 5.97 Å². The predicted molar refractivity (Wildman–Crippen MR) is 122 cm³/mol. The minimum atomic E-state index is 0. The van der Waals surface area contributed by atoms with Gasteiger partial charge in [0.15, 0.2) is 0 Å². The maximum absolute atomic E-state index is 12.5. The second-order valence-corrected chi connectivity index (χ2v) is 9.68. The SMILES string of the molecule is [CH2-]C(CCCCCC(CC)C(=O)OCC1CCC2OC2C1)CC(C)c1ccccc1.[Rf]. The van der Waals surface area contributed by atoms with Crippen molar-refractivity contribution in [2.45, 2.75) is 96.2 Å². The van der Waals surface area contributed by atoms with Crippen LogP contribution in [0.25, 0.3) is 0 Å². The van der Waals surface area contributed by atoms with Gasteiger partial charge in [0.1, 0.15) is 0 Å². The fourth-order valence-electron chi connectivity index (χ4n) is 4.98. The number of benzene rings is 1. The number of unbranched alkanes of at least 4 members (excludes halogenated alkanes) is 2. The van der Waals surface area contributed by atoms with Gasteiger partial charge in [-0.1, -0.05) is 76.3 Å². The smallest absolute Gasteiger partial charge is 0.308 e. The van der Waals surface area contributed by atoms with E-state index in [1.54, 1.807) is 0 Å². The van der Waals surface area contributed by atoms with Crippen molar-refractivity contribution in [2.24, 2.45) is 17.8 Å². The number of hydrogen-bond acceptors (Lipinski definition) is 3. The number of carbonyl (C=O) groups excluding carboxylic acids is 1. The second kappa shape index (κ2) is 12.5. The van der Waals surface area contributed by atoms with Gasteiger partial charge in [-0.15, -0.1) is 0 Å². The summed E-state index contributed by atoms with van der Waals surface area (Å²) in [5.41, 5.74) is 1.41. The molecule has 1 saturated heterocycles. The number of epoxide rings is 1. The van der Waals surface area contributed by atoms with E-state index in [1.165, 1.54) is 24.8 Å². The summed E-state index contributed by atoms with van der Waals surface area (Å²) in [7, 11) is 0. The summed E-state index contributed by atoms with van der Waals surface area (Å²) in [6.45, 7) is 9.37. The summed E-state index contributed by atoms with van der Waals surface area (Å²) in [6.07, 6.45) is 12.0. The topological polar surface area (TPSA) is 38.8 Å². The second-order valence-electron chi connectivity index (χ2n) is 9.68. The molecule has 2 fully saturated rings. The maximum Gasteiger partial charge on any atom is 0.308 e. The van der Waals surface area contributed by atoms with Crippen LogP contribution in [0.15, 0.2) is 30.3 Å². The van der Waals surface area contributed by atoms with Gasteiger partial charge in [0.2, 0.25) is 0 Å². The third kappa shape index (κ3) is 8.01. The Labute approximate surface area is 183 Å². The van der Waals surface area contributed by atoms with Gasteiger partial charge in [0.25, 0.3) is 0 Å². The third-order valence-electron chi connectivity index (χ3n) is 7.12. The zero-order chi connectivity index (χ0) is 21.3. The van der Waals surface area contributed by atoms with Crippen molar-refractivity contribution in [3.8, 4) is 0 Å². The number of fused-ring (bicyclic) bond motifs is 1. The van der Waals surface area contributed by atoms with E-state index in [2.05, 4.69) is 51.1 Å². The van der Waals surface area contributed by atoms with Crippen LogP contribution in [0.2, 0.25) is 0 Å². The van der Waals surface area contributed by atoms with E-state index in [1.807, 2.05) is 0 Å². The summed E-state index contributed by atoms with van der Waals surface area (Å²) in [4.78, 5) is 12.5. The molecule has 31 heavy (non-hydrogen) atoms. The molecule has 1 aromatic rings. The van der Waals surface area contributed by atoms with Crippen molar-refractivity contribution in [1.82, 2.24) is 0 Å². The average molecular weight is 681 g/mol. The summed E-state index contributed by atoms with van der Waals surface area (Å²) >= 11 is 0. The number of esters is 1. The van der Waals surface area contributed by atoms with E-state index in [-0.39, 0.29) is 11.9 Å². The standard InChI is InChI=1S/C27H41O3.Rf/c1-4-23(27(28)29-19-22-15-16-25-26(18-22)30-25)12-8-5-7-11-20(2)17-21(3)24-13-9-6-10-14-24;/h6,9-10,13-14,20-23,25-26H,2,4-5,7-8,11-12,15-19H2,1,3H3;/q-1;. The molecular formula is C27H41O3Rf-. The molecule has 6 atom stereocenters. The van der Waals surface area contributed by atoms with Crippen molar-refractivity contribution < 1.29 is 14.3 Å². The van der Waals surface area contributed by atoms with Gasteiger partial charge in [-0.25, -0.2) is 0 Å². The normalized spacial score (nSPS) is 24.9. The van der Waals surface area contributed by atoms with Crippen LogP contribution >= 0.6 is 0 Å². The fourth-order valence-corrected chi connectivity index (χ4v) is 4.98. The zero-order valence-electron chi connectivity index (χ0n) is 19.8. The van der Waals surface area contributed by atoms with E-state index in [0.717, 1.165) is 44.9 Å². The summed E-state index contributed by atoms with van der Waals surface area (Å²) in [6, 6.07) is 10.7. The Morgan fingerprint density at radius 3 is 2.58 bits per heavy atom. The Morgan fingerprint density at radius 1 is 1.13 bits per heavy atom. The molecule has 0 N–H and O–H groups in total. The molecule has 1 aliphatic carbocycles. The minimum absolute atomic E-state index is 0. The van der Waals surface area contributed by atoms with Gasteiger partial charge < -0.3 is 16.4 Å². The summed E-state index contributed by atoms with van der Waals surface area (Å²) in [5.74, 6) is 1.64. The van der Waals surface area contributed by atoms with E-state index >= 15 is 0 Å². The van der Waals surface area contributed by atoms with Crippen molar-refractivity contribution in [3.05, 3.63) is 42.8 Å². The first-order valence-electron chi connectivity index (χ1n) is 12.3. The largest absolute Gasteiger partial charge is 0.465 e. The van der Waals surface area contributed by atoms with Crippen LogP contribution in [-0.2, 0) is 14.3 Å². The van der Waals surface area contributed by atoms with Crippen LogP contribution in [-0.4, -0.2) is 24.8 Å². The maximum atomic E-state index is 12.5. The van der Waals surface area contributed by atoms with Crippen LogP contribution in [0.5, 0.6) is 0 Å². The minimum Gasteiger partial charge on any atom is -0.465 e. The van der Waals surface area contributed by atoms with Gasteiger partial charge in [0, 0.05) is 0 Å². The molecular weight excluding hydrogens is 639 g/mol. The van der Waals surface area contributed by atoms with Crippen LogP contribution in [0.1, 0.15) is 89.5 Å². The van der Waals surface area contributed by atoms with Crippen LogP contribution in [0.4, 0.5) is 0 Å². The molecule has 0 amide bonds. The summed E-state index contributed by atoms with van der Waals surface area (Å²) < 4.78 is 11.3. The molecule has 0 aromatic heterocycles. The first-order chi connectivity index (χ1) is 14.6. The molecule has 0 spiro atoms. The zero-order valence-corrected chi connectivity index (χ0v) is 26.2. The Morgan fingerprint density at radius 2 is 1.87 bits per heavy atom. The summed E-state index contributed by atoms with van der Waals surface area (Å²) in [5, 5.41) is 0. The van der Waals surface area contributed by atoms with Crippen molar-refractivity contribution in [2.75, 3.05) is 6.61 Å². The third-order valence-corrected chi connectivity index (χ3v) is 7.12. The molecule has 1 saturated carbocycles. The number of hydrogen-bond donors (Lipinski definition) is 0. The molecule has 3 rings (SSSR count). The molecule has 1 heterocycles. The van der Waals surface area contributed by atoms with E-state index in [9.17, 15) is 4.79 Å². The van der Waals surface area contributed by atoms with Gasteiger partial charge in [0.05, 0.1) is 24.7 Å². The molecule has 2 aliphatic rings. The van der Waals surface area contributed by atoms with Crippen molar-refractivity contribution in [3.63, 3.8) is 0 Å². The molecule has 0 bridgehead atoms. The van der Waals surface area contributed by atoms with Crippen LogP contribution in [0, 0.1) is 24.7 Å². The van der Waals surface area contributed by atoms with E-state index in [4.69, 9.17) is 9.47 Å². The van der Waals surface area contributed by atoms with Gasteiger partial charge in [-0.2, -0.15) is 5.92 Å². The Hall–Kier alpha value is -2.35. The predicted octanol–water partition coefficient (Wildman–Crippen LogP) is 6.72. The van der Waals surface area contributed by atoms with Gasteiger partial charge in [-0.05, 0) is 49.5 Å². The molecule has 1 aliphatic heterocycles. The van der Waals surface area contributed by atoms with E-state index in [0.29, 0.717) is 36.6 Å². The Bertz CT molecular complexity index is 635. The molecule has 6 unspecified atom stereocenters. The molecule has 1 aromatic carbocycles. The molecule has 4 heteroatoms. The average Bonchev–Trinajstić information content (AvgIpc) is 3.54. The molecule has 0 radical (unpaired) electrons. The Kier molecular flexibility index (Phi) is 10.0. The molecule has 170 valence electrons. The fraction of sp³-hybridized carbons (Fsp3) is 0.704. The van der Waals surface area contributed by atoms with Gasteiger partial charge >= 0.3 is 5.97 Å². The van der Waals surface area contributed by atoms with E-state index < -0.39 is 0 Å². The number of ether oxygens (including phenoxy) is 2. The number of carbonyl (C=O) groups is 1. The van der Waals surface area contributed by atoms with Crippen molar-refractivity contribution in [1.29, 1.82) is 0 Å². The Balaban J connectivity index is 0.00000341. The van der Waals surface area contributed by atoms with Crippen LogP contribution in [0.3, 0.4) is 0 Å². The number of rotatable bonds is 13. The monoisotopic (exact) mass is 680 g/mol. The molecule has 3 nitrogen and oxygen atoms in total. The van der Waals surface area contributed by atoms with Gasteiger partial charge in [-0.3, -0.25) is 4.79 Å². The first kappa shape index (κ1) is 24.9. The quantitative estimate of drug-likeness (QED) is 0.101.